The Balaban J connectivity index is 1.77. The van der Waals surface area contributed by atoms with Crippen LogP contribution in [0.25, 0.3) is 10.8 Å². The Labute approximate surface area is 109 Å². The monoisotopic (exact) mass is 239 g/mol. The molecule has 1 fully saturated rings. The van der Waals surface area contributed by atoms with Gasteiger partial charge in [0.05, 0.1) is 0 Å². The summed E-state index contributed by atoms with van der Waals surface area (Å²) in [6.07, 6.45) is 3.77. The van der Waals surface area contributed by atoms with Gasteiger partial charge in [0.2, 0.25) is 0 Å². The van der Waals surface area contributed by atoms with Crippen molar-refractivity contribution in [3.63, 3.8) is 0 Å². The van der Waals surface area contributed by atoms with E-state index in [0.717, 1.165) is 12.3 Å². The van der Waals surface area contributed by atoms with Crippen molar-refractivity contribution >= 4 is 10.8 Å². The van der Waals surface area contributed by atoms with E-state index in [2.05, 4.69) is 49.4 Å². The summed E-state index contributed by atoms with van der Waals surface area (Å²) < 4.78 is 0. The van der Waals surface area contributed by atoms with Crippen molar-refractivity contribution in [3.05, 3.63) is 48.0 Å². The predicted octanol–water partition coefficient (Wildman–Crippen LogP) is 3.76. The zero-order chi connectivity index (χ0) is 12.5. The van der Waals surface area contributed by atoms with Crippen LogP contribution in [0, 0.1) is 11.8 Å². The normalized spacial score (nSPS) is 18.8. The molecule has 0 saturated heterocycles. The lowest BCUT2D eigenvalue weighted by Crippen LogP contribution is -2.31. The molecule has 2 unspecified atom stereocenters. The number of fused-ring (bicyclic) bond motifs is 1. The maximum atomic E-state index is 6.33. The summed E-state index contributed by atoms with van der Waals surface area (Å²) >= 11 is 0. The Morgan fingerprint density at radius 3 is 2.56 bits per heavy atom. The van der Waals surface area contributed by atoms with E-state index in [9.17, 15) is 0 Å². The second-order valence-corrected chi connectivity index (χ2v) is 5.75. The van der Waals surface area contributed by atoms with Gasteiger partial charge in [-0.1, -0.05) is 49.4 Å². The first-order valence-electron chi connectivity index (χ1n) is 6.97. The molecule has 0 heterocycles. The topological polar surface area (TPSA) is 26.0 Å². The molecule has 0 spiro atoms. The average Bonchev–Trinajstić information content (AvgIpc) is 3.22. The van der Waals surface area contributed by atoms with E-state index in [-0.39, 0.29) is 0 Å². The highest BCUT2D eigenvalue weighted by atomic mass is 14.7. The van der Waals surface area contributed by atoms with Gasteiger partial charge < -0.3 is 5.73 Å². The maximum absolute atomic E-state index is 6.33. The van der Waals surface area contributed by atoms with Crippen molar-refractivity contribution in [1.29, 1.82) is 0 Å². The highest BCUT2D eigenvalue weighted by molar-refractivity contribution is 5.82. The fourth-order valence-electron chi connectivity index (χ4n) is 2.80. The Hall–Kier alpha value is -1.34. The second-order valence-electron chi connectivity index (χ2n) is 5.75. The van der Waals surface area contributed by atoms with E-state index in [1.165, 1.54) is 29.2 Å². The molecule has 3 rings (SSSR count). The molecule has 0 aliphatic heterocycles. The fraction of sp³-hybridized carbons (Fsp3) is 0.412. The van der Waals surface area contributed by atoms with Crippen LogP contribution in [0.1, 0.15) is 25.3 Å². The summed E-state index contributed by atoms with van der Waals surface area (Å²) in [7, 11) is 0. The number of rotatable bonds is 4. The minimum absolute atomic E-state index is 0.304. The van der Waals surface area contributed by atoms with Gasteiger partial charge in [0.1, 0.15) is 0 Å². The van der Waals surface area contributed by atoms with Gasteiger partial charge in [0, 0.05) is 6.04 Å². The first-order valence-corrected chi connectivity index (χ1v) is 6.97. The van der Waals surface area contributed by atoms with Gasteiger partial charge in [-0.25, -0.2) is 0 Å². The largest absolute Gasteiger partial charge is 0.327 e. The molecule has 1 saturated carbocycles. The molecule has 1 aliphatic carbocycles. The molecule has 0 aromatic heterocycles. The van der Waals surface area contributed by atoms with Crippen LogP contribution in [0.5, 0.6) is 0 Å². The molecule has 2 aromatic rings. The molecule has 1 heteroatoms. The minimum Gasteiger partial charge on any atom is -0.327 e. The van der Waals surface area contributed by atoms with Crippen molar-refractivity contribution in [2.75, 3.05) is 0 Å². The molecule has 0 bridgehead atoms. The van der Waals surface area contributed by atoms with Gasteiger partial charge in [-0.2, -0.15) is 0 Å². The lowest BCUT2D eigenvalue weighted by Gasteiger charge is -2.19. The molecule has 94 valence electrons. The van der Waals surface area contributed by atoms with Crippen LogP contribution < -0.4 is 5.73 Å². The molecule has 2 N–H and O–H groups in total. The second kappa shape index (κ2) is 4.74. The van der Waals surface area contributed by atoms with Gasteiger partial charge in [0.25, 0.3) is 0 Å². The van der Waals surface area contributed by atoms with Crippen LogP contribution in [-0.2, 0) is 6.42 Å². The smallest absolute Gasteiger partial charge is 0.0108 e. The molecule has 1 nitrogen and oxygen atoms in total. The first kappa shape index (κ1) is 11.7. The van der Waals surface area contributed by atoms with Crippen LogP contribution in [-0.4, -0.2) is 6.04 Å². The Bertz CT molecular complexity index is 542. The van der Waals surface area contributed by atoms with Gasteiger partial charge in [0.15, 0.2) is 0 Å². The Morgan fingerprint density at radius 1 is 1.11 bits per heavy atom. The van der Waals surface area contributed by atoms with Gasteiger partial charge in [-0.05, 0) is 47.4 Å². The molecule has 2 atom stereocenters. The third-order valence-corrected chi connectivity index (χ3v) is 4.33. The highest BCUT2D eigenvalue weighted by Gasteiger charge is 2.31. The summed E-state index contributed by atoms with van der Waals surface area (Å²) in [6.45, 7) is 2.31. The summed E-state index contributed by atoms with van der Waals surface area (Å²) in [5.41, 5.74) is 7.70. The molecule has 2 aromatic carbocycles. The van der Waals surface area contributed by atoms with Crippen molar-refractivity contribution in [1.82, 2.24) is 0 Å². The standard InChI is InChI=1S/C17H21N/c1-12(14-8-9-14)17(18)11-13-6-7-15-4-2-3-5-16(15)10-13/h2-7,10,12,14,17H,8-9,11,18H2,1H3. The van der Waals surface area contributed by atoms with E-state index in [0.29, 0.717) is 12.0 Å². The summed E-state index contributed by atoms with van der Waals surface area (Å²) in [6, 6.07) is 15.5. The van der Waals surface area contributed by atoms with Crippen LogP contribution >= 0.6 is 0 Å². The van der Waals surface area contributed by atoms with E-state index < -0.39 is 0 Å². The zero-order valence-electron chi connectivity index (χ0n) is 11.0. The van der Waals surface area contributed by atoms with E-state index in [4.69, 9.17) is 5.73 Å². The quantitative estimate of drug-likeness (QED) is 0.864. The molecule has 18 heavy (non-hydrogen) atoms. The third-order valence-electron chi connectivity index (χ3n) is 4.33. The van der Waals surface area contributed by atoms with E-state index in [1.807, 2.05) is 0 Å². The predicted molar refractivity (Wildman–Crippen MR) is 77.5 cm³/mol. The van der Waals surface area contributed by atoms with Gasteiger partial charge in [-0.15, -0.1) is 0 Å². The number of nitrogens with two attached hydrogens (primary N) is 1. The molecule has 1 aliphatic rings. The molecule has 0 radical (unpaired) electrons. The SMILES string of the molecule is CC(C(N)Cc1ccc2ccccc2c1)C1CC1. The van der Waals surface area contributed by atoms with Gasteiger partial charge in [-0.3, -0.25) is 0 Å². The van der Waals surface area contributed by atoms with E-state index >= 15 is 0 Å². The summed E-state index contributed by atoms with van der Waals surface area (Å²) in [4.78, 5) is 0. The minimum atomic E-state index is 0.304. The van der Waals surface area contributed by atoms with Crippen molar-refractivity contribution in [3.8, 4) is 0 Å². The van der Waals surface area contributed by atoms with Crippen molar-refractivity contribution in [2.24, 2.45) is 17.6 Å². The van der Waals surface area contributed by atoms with E-state index in [1.54, 1.807) is 0 Å². The molecular formula is C17H21N. The number of benzene rings is 2. The lowest BCUT2D eigenvalue weighted by atomic mass is 9.91. The van der Waals surface area contributed by atoms with Crippen molar-refractivity contribution in [2.45, 2.75) is 32.2 Å². The van der Waals surface area contributed by atoms with Crippen LogP contribution in [0.4, 0.5) is 0 Å². The highest BCUT2D eigenvalue weighted by Crippen LogP contribution is 2.38. The van der Waals surface area contributed by atoms with Crippen molar-refractivity contribution < 1.29 is 0 Å². The zero-order valence-corrected chi connectivity index (χ0v) is 11.0. The number of hydrogen-bond donors (Lipinski definition) is 1. The fourth-order valence-corrected chi connectivity index (χ4v) is 2.80. The van der Waals surface area contributed by atoms with Gasteiger partial charge >= 0.3 is 0 Å². The Kier molecular flexibility index (Phi) is 3.09. The summed E-state index contributed by atoms with van der Waals surface area (Å²) in [5.74, 6) is 1.55. The van der Waals surface area contributed by atoms with Crippen LogP contribution in [0.15, 0.2) is 42.5 Å². The third kappa shape index (κ3) is 2.41. The maximum Gasteiger partial charge on any atom is 0.0108 e. The first-order chi connectivity index (χ1) is 8.74. The molecular weight excluding hydrogens is 218 g/mol. The summed E-state index contributed by atoms with van der Waals surface area (Å²) in [5, 5.41) is 2.63. The van der Waals surface area contributed by atoms with Crippen LogP contribution in [0.3, 0.4) is 0 Å². The molecule has 0 amide bonds. The van der Waals surface area contributed by atoms with Crippen LogP contribution in [0.2, 0.25) is 0 Å². The Morgan fingerprint density at radius 2 is 1.83 bits per heavy atom. The lowest BCUT2D eigenvalue weighted by molar-refractivity contribution is 0.404. The number of hydrogen-bond acceptors (Lipinski definition) is 1. The average molecular weight is 239 g/mol.